The van der Waals surface area contributed by atoms with Crippen molar-refractivity contribution in [1.29, 1.82) is 0 Å². The van der Waals surface area contributed by atoms with Gasteiger partial charge in [0.05, 0.1) is 0 Å². The molecule has 1 aromatic heterocycles. The minimum absolute atomic E-state index is 0.0582. The van der Waals surface area contributed by atoms with Gasteiger partial charge in [-0.2, -0.15) is 8.78 Å². The smallest absolute Gasteiger partial charge is 0.394 e. The number of hydrogen-bond donors (Lipinski definition) is 2. The summed E-state index contributed by atoms with van der Waals surface area (Å²) in [5, 5.41) is 3.07. The molecule has 0 fully saturated rings. The molecule has 3 N–H and O–H groups in total. The van der Waals surface area contributed by atoms with Gasteiger partial charge in [0, 0.05) is 30.1 Å². The van der Waals surface area contributed by atoms with Gasteiger partial charge in [0.25, 0.3) is 5.91 Å². The second-order valence-electron chi connectivity index (χ2n) is 6.92. The largest absolute Gasteiger partial charge is 0.432 e. The molecule has 0 aliphatic rings. The van der Waals surface area contributed by atoms with E-state index in [1.165, 1.54) is 18.2 Å². The molecular formula is C22H22F2N2O4. The van der Waals surface area contributed by atoms with Crippen LogP contribution in [0.3, 0.4) is 0 Å². The average molecular weight is 416 g/mol. The van der Waals surface area contributed by atoms with Crippen LogP contribution in [0.4, 0.5) is 14.5 Å². The topological polar surface area (TPSA) is 94.6 Å². The number of ether oxygens (including phenoxy) is 1. The van der Waals surface area contributed by atoms with E-state index in [9.17, 15) is 18.4 Å². The predicted octanol–water partition coefficient (Wildman–Crippen LogP) is 4.45. The van der Waals surface area contributed by atoms with E-state index < -0.39 is 17.6 Å². The van der Waals surface area contributed by atoms with Gasteiger partial charge in [-0.3, -0.25) is 4.79 Å². The van der Waals surface area contributed by atoms with Crippen molar-refractivity contribution in [2.75, 3.05) is 5.32 Å². The zero-order valence-corrected chi connectivity index (χ0v) is 16.6. The van der Waals surface area contributed by atoms with Crippen LogP contribution in [-0.2, 0) is 13.0 Å². The van der Waals surface area contributed by atoms with Crippen LogP contribution in [0.1, 0.15) is 41.8 Å². The number of halogens is 2. The molecule has 8 heteroatoms. The molecule has 0 radical (unpaired) electrons. The van der Waals surface area contributed by atoms with Gasteiger partial charge < -0.3 is 20.2 Å². The Morgan fingerprint density at radius 1 is 1.20 bits per heavy atom. The van der Waals surface area contributed by atoms with Gasteiger partial charge in [-0.15, -0.1) is 0 Å². The highest BCUT2D eigenvalue weighted by Crippen LogP contribution is 2.32. The van der Waals surface area contributed by atoms with Crippen LogP contribution in [0.15, 0.2) is 51.7 Å². The lowest BCUT2D eigenvalue weighted by Gasteiger charge is -2.17. The second-order valence-corrected chi connectivity index (χ2v) is 6.92. The summed E-state index contributed by atoms with van der Waals surface area (Å²) in [4.78, 5) is 25.1. The summed E-state index contributed by atoms with van der Waals surface area (Å²) in [6.45, 7) is 2.87. The van der Waals surface area contributed by atoms with Crippen molar-refractivity contribution in [1.82, 2.24) is 0 Å². The number of nitrogens with one attached hydrogen (secondary N) is 1. The van der Waals surface area contributed by atoms with Gasteiger partial charge in [0.15, 0.2) is 0 Å². The molecule has 1 heterocycles. The average Bonchev–Trinajstić information content (AvgIpc) is 2.69. The van der Waals surface area contributed by atoms with Gasteiger partial charge >= 0.3 is 11.7 Å². The van der Waals surface area contributed by atoms with E-state index in [1.807, 2.05) is 6.92 Å². The highest BCUT2D eigenvalue weighted by Gasteiger charge is 2.26. The predicted molar refractivity (Wildman–Crippen MR) is 110 cm³/mol. The number of amides is 1. The summed E-state index contributed by atoms with van der Waals surface area (Å²) < 4.78 is 36.8. The molecule has 0 atom stereocenters. The standard InChI is InChI=1S/C22H22F2N2O4/c1-3-4-16-18(30-22(2,23)24)10-7-14-11-17(21(28)29-19(14)16)20(27)26-15-8-5-13(12-25)6-9-15/h5-11H,3-4,12,25H2,1-2H3,(H,26,27). The van der Waals surface area contributed by atoms with E-state index >= 15 is 0 Å². The molecule has 1 amide bonds. The van der Waals surface area contributed by atoms with Crippen molar-refractivity contribution in [3.05, 3.63) is 69.6 Å². The van der Waals surface area contributed by atoms with Gasteiger partial charge in [-0.05, 0) is 42.3 Å². The number of carbonyl (C=O) groups is 1. The number of nitrogens with two attached hydrogens (primary N) is 1. The van der Waals surface area contributed by atoms with Crippen LogP contribution in [0.2, 0.25) is 0 Å². The number of anilines is 1. The fourth-order valence-corrected chi connectivity index (χ4v) is 3.08. The molecule has 30 heavy (non-hydrogen) atoms. The van der Waals surface area contributed by atoms with Crippen LogP contribution in [0.25, 0.3) is 11.0 Å². The van der Waals surface area contributed by atoms with Crippen LogP contribution < -0.4 is 21.4 Å². The number of fused-ring (bicyclic) bond motifs is 1. The first-order valence-electron chi connectivity index (χ1n) is 9.48. The first-order chi connectivity index (χ1) is 14.2. The van der Waals surface area contributed by atoms with Gasteiger partial charge in [-0.1, -0.05) is 25.5 Å². The monoisotopic (exact) mass is 416 g/mol. The van der Waals surface area contributed by atoms with Crippen molar-refractivity contribution in [2.45, 2.75) is 39.3 Å². The van der Waals surface area contributed by atoms with Crippen molar-refractivity contribution in [3.63, 3.8) is 0 Å². The minimum atomic E-state index is -3.38. The second kappa shape index (κ2) is 8.62. The van der Waals surface area contributed by atoms with E-state index in [-0.39, 0.29) is 16.9 Å². The van der Waals surface area contributed by atoms with Gasteiger partial charge in [-0.25, -0.2) is 4.79 Å². The molecular weight excluding hydrogens is 394 g/mol. The fourth-order valence-electron chi connectivity index (χ4n) is 3.08. The van der Waals surface area contributed by atoms with Crippen molar-refractivity contribution in [2.24, 2.45) is 5.73 Å². The maximum atomic E-state index is 13.4. The Bertz CT molecular complexity index is 1120. The van der Waals surface area contributed by atoms with Gasteiger partial charge in [0.1, 0.15) is 16.9 Å². The molecule has 0 spiro atoms. The van der Waals surface area contributed by atoms with E-state index in [0.717, 1.165) is 5.56 Å². The van der Waals surface area contributed by atoms with Crippen LogP contribution >= 0.6 is 0 Å². The Labute approximate surface area is 171 Å². The molecule has 0 saturated heterocycles. The summed E-state index contributed by atoms with van der Waals surface area (Å²) in [7, 11) is 0. The lowest BCUT2D eigenvalue weighted by atomic mass is 10.0. The first-order valence-corrected chi connectivity index (χ1v) is 9.48. The molecule has 0 bridgehead atoms. The molecule has 0 aliphatic heterocycles. The third-order valence-corrected chi connectivity index (χ3v) is 4.44. The third-order valence-electron chi connectivity index (χ3n) is 4.44. The third kappa shape index (κ3) is 4.83. The molecule has 3 rings (SSSR count). The Morgan fingerprint density at radius 3 is 2.50 bits per heavy atom. The molecule has 158 valence electrons. The fraction of sp³-hybridized carbons (Fsp3) is 0.273. The van der Waals surface area contributed by atoms with Crippen LogP contribution in [0, 0.1) is 0 Å². The Hall–Kier alpha value is -3.26. The molecule has 0 saturated carbocycles. The number of benzene rings is 2. The quantitative estimate of drug-likeness (QED) is 0.555. The number of carbonyl (C=O) groups excluding carboxylic acids is 1. The van der Waals surface area contributed by atoms with E-state index in [4.69, 9.17) is 14.9 Å². The SMILES string of the molecule is CCCc1c(OC(C)(F)F)ccc2cc(C(=O)Nc3ccc(CN)cc3)c(=O)oc12. The molecule has 3 aromatic rings. The first kappa shape index (κ1) is 21.4. The number of hydrogen-bond acceptors (Lipinski definition) is 5. The summed E-state index contributed by atoms with van der Waals surface area (Å²) >= 11 is 0. The van der Waals surface area contributed by atoms with Crippen LogP contribution in [-0.4, -0.2) is 12.0 Å². The molecule has 6 nitrogen and oxygen atoms in total. The van der Waals surface area contributed by atoms with Crippen LogP contribution in [0.5, 0.6) is 5.75 Å². The number of alkyl halides is 2. The zero-order chi connectivity index (χ0) is 21.9. The zero-order valence-electron chi connectivity index (χ0n) is 16.6. The van der Waals surface area contributed by atoms with E-state index in [1.54, 1.807) is 24.3 Å². The molecule has 2 aromatic carbocycles. The molecule has 0 unspecified atom stereocenters. The lowest BCUT2D eigenvalue weighted by molar-refractivity contribution is -0.159. The Balaban J connectivity index is 1.99. The summed E-state index contributed by atoms with van der Waals surface area (Å²) in [5.41, 5.74) is 6.38. The van der Waals surface area contributed by atoms with Gasteiger partial charge in [0.2, 0.25) is 0 Å². The highest BCUT2D eigenvalue weighted by molar-refractivity contribution is 6.05. The lowest BCUT2D eigenvalue weighted by Crippen LogP contribution is -2.22. The van der Waals surface area contributed by atoms with E-state index in [0.29, 0.717) is 42.9 Å². The van der Waals surface area contributed by atoms with E-state index in [2.05, 4.69) is 5.32 Å². The minimum Gasteiger partial charge on any atom is -0.432 e. The maximum absolute atomic E-state index is 13.4. The normalized spacial score (nSPS) is 11.5. The van der Waals surface area contributed by atoms with Crippen molar-refractivity contribution in [3.8, 4) is 5.75 Å². The Kier molecular flexibility index (Phi) is 6.17. The number of aryl methyl sites for hydroxylation is 1. The highest BCUT2D eigenvalue weighted by atomic mass is 19.3. The molecule has 0 aliphatic carbocycles. The Morgan fingerprint density at radius 2 is 1.90 bits per heavy atom. The van der Waals surface area contributed by atoms with Crippen molar-refractivity contribution >= 4 is 22.6 Å². The maximum Gasteiger partial charge on any atom is 0.394 e. The summed E-state index contributed by atoms with van der Waals surface area (Å²) in [6, 6.07) is 11.1. The van der Waals surface area contributed by atoms with Crippen molar-refractivity contribution < 1.29 is 22.7 Å². The summed E-state index contributed by atoms with van der Waals surface area (Å²) in [6.07, 6.45) is -2.39. The number of rotatable bonds is 7. The summed E-state index contributed by atoms with van der Waals surface area (Å²) in [5.74, 6) is -0.694.